The van der Waals surface area contributed by atoms with Gasteiger partial charge in [0.2, 0.25) is 18.1 Å². The van der Waals surface area contributed by atoms with E-state index in [1.807, 2.05) is 44.2 Å². The van der Waals surface area contributed by atoms with Gasteiger partial charge in [-0.3, -0.25) is 0 Å². The Morgan fingerprint density at radius 1 is 1.32 bits per heavy atom. The van der Waals surface area contributed by atoms with E-state index in [0.29, 0.717) is 11.5 Å². The number of carbonyl (C=O) groups is 1. The summed E-state index contributed by atoms with van der Waals surface area (Å²) in [4.78, 5) is 16.3. The average Bonchev–Trinajstić information content (AvgIpc) is 3.09. The van der Waals surface area contributed by atoms with Gasteiger partial charge >= 0.3 is 5.97 Å². The minimum atomic E-state index is -1.21. The van der Waals surface area contributed by atoms with Crippen molar-refractivity contribution in [2.75, 3.05) is 0 Å². The van der Waals surface area contributed by atoms with E-state index in [1.54, 1.807) is 0 Å². The first-order chi connectivity index (χ1) is 12.0. The SMILES string of the molecule is Cc1sc2c(c1C)C(c1ccccc1)=[N+]([O-])Cc1nc(C(=O)O)nn1-2. The standard InChI is InChI=1S/C17H14N4O3S/c1-9-10(2)25-16-13(9)14(11-6-4-3-5-7-11)20(24)8-12-18-15(17(22)23)19-21(12)16/h3-7H,8H2,1-2H3,(H,22,23). The lowest BCUT2D eigenvalue weighted by Gasteiger charge is -2.09. The molecule has 1 aliphatic rings. The summed E-state index contributed by atoms with van der Waals surface area (Å²) in [5.41, 5.74) is 3.13. The van der Waals surface area contributed by atoms with E-state index < -0.39 is 5.97 Å². The van der Waals surface area contributed by atoms with Gasteiger partial charge in [-0.25, -0.2) is 4.79 Å². The fourth-order valence-electron chi connectivity index (χ4n) is 2.95. The summed E-state index contributed by atoms with van der Waals surface area (Å²) in [5, 5.41) is 26.9. The van der Waals surface area contributed by atoms with Crippen LogP contribution in [0.4, 0.5) is 0 Å². The number of nitrogens with zero attached hydrogens (tertiary/aromatic N) is 4. The Morgan fingerprint density at radius 2 is 2.04 bits per heavy atom. The van der Waals surface area contributed by atoms with Crippen molar-refractivity contribution < 1.29 is 14.6 Å². The van der Waals surface area contributed by atoms with Crippen LogP contribution in [0.15, 0.2) is 30.3 Å². The average molecular weight is 354 g/mol. The van der Waals surface area contributed by atoms with E-state index in [9.17, 15) is 15.1 Å². The first kappa shape index (κ1) is 15.5. The summed E-state index contributed by atoms with van der Waals surface area (Å²) in [5.74, 6) is -1.20. The lowest BCUT2D eigenvalue weighted by atomic mass is 10.00. The van der Waals surface area contributed by atoms with Crippen LogP contribution in [-0.2, 0) is 6.54 Å². The van der Waals surface area contributed by atoms with Gasteiger partial charge in [0.05, 0.1) is 5.56 Å². The Morgan fingerprint density at radius 3 is 2.72 bits per heavy atom. The van der Waals surface area contributed by atoms with Crippen LogP contribution in [0.5, 0.6) is 0 Å². The molecule has 0 unspecified atom stereocenters. The van der Waals surface area contributed by atoms with Gasteiger partial charge in [-0.1, -0.05) is 18.2 Å². The topological polar surface area (TPSA) is 94.1 Å². The highest BCUT2D eigenvalue weighted by Gasteiger charge is 2.33. The van der Waals surface area contributed by atoms with E-state index in [0.717, 1.165) is 31.3 Å². The first-order valence-electron chi connectivity index (χ1n) is 7.64. The second kappa shape index (κ2) is 5.52. The van der Waals surface area contributed by atoms with E-state index in [1.165, 1.54) is 16.0 Å². The zero-order valence-corrected chi connectivity index (χ0v) is 14.4. The molecule has 0 spiro atoms. The second-order valence-electron chi connectivity index (χ2n) is 5.78. The third-order valence-electron chi connectivity index (χ3n) is 4.24. The van der Waals surface area contributed by atoms with Crippen LogP contribution in [0.3, 0.4) is 0 Å². The quantitative estimate of drug-likeness (QED) is 0.564. The summed E-state index contributed by atoms with van der Waals surface area (Å²) in [7, 11) is 0. The van der Waals surface area contributed by atoms with Crippen LogP contribution < -0.4 is 0 Å². The number of fused-ring (bicyclic) bond motifs is 3. The molecule has 0 bridgehead atoms. The van der Waals surface area contributed by atoms with Crippen LogP contribution in [0.1, 0.15) is 38.0 Å². The fraction of sp³-hybridized carbons (Fsp3) is 0.176. The predicted molar refractivity (Wildman–Crippen MR) is 92.7 cm³/mol. The van der Waals surface area contributed by atoms with E-state index >= 15 is 0 Å². The molecule has 0 radical (unpaired) electrons. The van der Waals surface area contributed by atoms with Gasteiger partial charge in [0.1, 0.15) is 5.00 Å². The van der Waals surface area contributed by atoms with E-state index in [-0.39, 0.29) is 12.4 Å². The van der Waals surface area contributed by atoms with Crippen molar-refractivity contribution in [3.63, 3.8) is 0 Å². The highest BCUT2D eigenvalue weighted by atomic mass is 32.1. The smallest absolute Gasteiger partial charge is 0.375 e. The number of thiophene rings is 1. The predicted octanol–water partition coefficient (Wildman–Crippen LogP) is 2.51. The molecule has 4 rings (SSSR count). The van der Waals surface area contributed by atoms with E-state index in [4.69, 9.17) is 0 Å². The largest absolute Gasteiger partial charge is 0.623 e. The molecule has 8 heteroatoms. The molecular formula is C17H14N4O3S. The number of benzene rings is 1. The number of rotatable bonds is 2. The van der Waals surface area contributed by atoms with Crippen LogP contribution in [0.2, 0.25) is 0 Å². The number of hydrogen-bond donors (Lipinski definition) is 1. The van der Waals surface area contributed by atoms with Gasteiger partial charge in [0.25, 0.3) is 5.82 Å². The molecule has 0 aliphatic carbocycles. The van der Waals surface area contributed by atoms with Crippen molar-refractivity contribution in [2.24, 2.45) is 0 Å². The molecule has 1 aliphatic heterocycles. The van der Waals surface area contributed by atoms with Crippen LogP contribution >= 0.6 is 11.3 Å². The summed E-state index contributed by atoms with van der Waals surface area (Å²) in [6, 6.07) is 9.44. The number of aromatic carboxylic acids is 1. The summed E-state index contributed by atoms with van der Waals surface area (Å²) >= 11 is 1.48. The second-order valence-corrected chi connectivity index (χ2v) is 6.99. The Balaban J connectivity index is 2.04. The molecule has 3 aromatic rings. The molecular weight excluding hydrogens is 340 g/mol. The molecule has 2 aromatic heterocycles. The maximum absolute atomic E-state index is 12.9. The van der Waals surface area contributed by atoms with Gasteiger partial charge in [-0.2, -0.15) is 14.4 Å². The van der Waals surface area contributed by atoms with Crippen molar-refractivity contribution in [3.05, 3.63) is 68.8 Å². The Kier molecular flexibility index (Phi) is 3.43. The Hall–Kier alpha value is -3.00. The van der Waals surface area contributed by atoms with E-state index in [2.05, 4.69) is 10.1 Å². The molecule has 7 nitrogen and oxygen atoms in total. The molecule has 0 atom stereocenters. The minimum Gasteiger partial charge on any atom is -0.623 e. The third kappa shape index (κ3) is 2.33. The van der Waals surface area contributed by atoms with Gasteiger partial charge in [-0.15, -0.1) is 16.4 Å². The molecule has 3 heterocycles. The van der Waals surface area contributed by atoms with Crippen molar-refractivity contribution in [3.8, 4) is 5.00 Å². The number of aryl methyl sites for hydroxylation is 1. The molecule has 0 fully saturated rings. The van der Waals surface area contributed by atoms with Gasteiger partial charge in [0, 0.05) is 10.4 Å². The molecule has 0 saturated heterocycles. The first-order valence-corrected chi connectivity index (χ1v) is 8.46. The van der Waals surface area contributed by atoms with Crippen molar-refractivity contribution in [2.45, 2.75) is 20.4 Å². The molecule has 126 valence electrons. The maximum atomic E-state index is 12.9. The Bertz CT molecular complexity index is 1030. The van der Waals surface area contributed by atoms with Crippen molar-refractivity contribution in [1.82, 2.24) is 14.8 Å². The highest BCUT2D eigenvalue weighted by molar-refractivity contribution is 7.15. The third-order valence-corrected chi connectivity index (χ3v) is 5.43. The number of hydroxylamine groups is 1. The molecule has 25 heavy (non-hydrogen) atoms. The lowest BCUT2D eigenvalue weighted by molar-refractivity contribution is -0.475. The molecule has 0 saturated carbocycles. The van der Waals surface area contributed by atoms with Gasteiger partial charge in [0.15, 0.2) is 0 Å². The lowest BCUT2D eigenvalue weighted by Crippen LogP contribution is -2.18. The Labute approximate surface area is 147 Å². The molecule has 0 amide bonds. The summed E-state index contributed by atoms with van der Waals surface area (Å²) < 4.78 is 2.36. The normalized spacial score (nSPS) is 13.4. The van der Waals surface area contributed by atoms with Crippen molar-refractivity contribution in [1.29, 1.82) is 0 Å². The number of aromatic nitrogens is 3. The van der Waals surface area contributed by atoms with Gasteiger partial charge in [-0.05, 0) is 31.5 Å². The minimum absolute atomic E-state index is 0.0651. The molecule has 1 N–H and O–H groups in total. The maximum Gasteiger partial charge on any atom is 0.375 e. The van der Waals surface area contributed by atoms with Gasteiger partial charge < -0.3 is 10.3 Å². The zero-order chi connectivity index (χ0) is 17.7. The van der Waals surface area contributed by atoms with Crippen molar-refractivity contribution >= 4 is 23.0 Å². The number of hydrogen-bond acceptors (Lipinski definition) is 5. The van der Waals surface area contributed by atoms with Crippen LogP contribution in [0.25, 0.3) is 5.00 Å². The van der Waals surface area contributed by atoms with Crippen LogP contribution in [0, 0.1) is 19.1 Å². The zero-order valence-electron chi connectivity index (χ0n) is 13.6. The monoisotopic (exact) mass is 354 g/mol. The fourth-order valence-corrected chi connectivity index (χ4v) is 4.08. The highest BCUT2D eigenvalue weighted by Crippen LogP contribution is 2.35. The summed E-state index contributed by atoms with van der Waals surface area (Å²) in [6.45, 7) is 3.87. The number of carboxylic acid groups (broad SMARTS) is 1. The number of carboxylic acids is 1. The van der Waals surface area contributed by atoms with Crippen LogP contribution in [-0.4, -0.2) is 36.3 Å². The molecule has 1 aromatic carbocycles. The summed E-state index contributed by atoms with van der Waals surface area (Å²) in [6.07, 6.45) is 0.